The first-order valence-corrected chi connectivity index (χ1v) is 11.8. The molecule has 32 heavy (non-hydrogen) atoms. The van der Waals surface area contributed by atoms with Crippen LogP contribution in [0.25, 0.3) is 16.7 Å². The van der Waals surface area contributed by atoms with Crippen molar-refractivity contribution >= 4 is 22.6 Å². The van der Waals surface area contributed by atoms with Crippen LogP contribution in [-0.2, 0) is 11.2 Å². The second-order valence-corrected chi connectivity index (χ2v) is 8.65. The second kappa shape index (κ2) is 9.40. The average Bonchev–Trinajstić information content (AvgIpc) is 3.31. The summed E-state index contributed by atoms with van der Waals surface area (Å²) in [5, 5.41) is 0. The van der Waals surface area contributed by atoms with Crippen molar-refractivity contribution < 1.29 is 4.79 Å². The van der Waals surface area contributed by atoms with Crippen molar-refractivity contribution in [2.75, 3.05) is 13.1 Å². The molecule has 1 heterocycles. The van der Waals surface area contributed by atoms with E-state index in [-0.39, 0.29) is 5.91 Å². The van der Waals surface area contributed by atoms with Gasteiger partial charge < -0.3 is 4.90 Å². The van der Waals surface area contributed by atoms with Crippen molar-refractivity contribution in [2.24, 2.45) is 0 Å². The molecule has 1 saturated heterocycles. The first kappa shape index (κ1) is 20.5. The van der Waals surface area contributed by atoms with Gasteiger partial charge in [-0.25, -0.2) is 0 Å². The first-order valence-electron chi connectivity index (χ1n) is 11.8. The average molecular weight is 420 g/mol. The topological polar surface area (TPSA) is 20.3 Å². The number of carbonyl (C=O) groups excluding carboxylic acids is 1. The Morgan fingerprint density at radius 1 is 0.688 bits per heavy atom. The molecule has 0 spiro atoms. The fourth-order valence-corrected chi connectivity index (χ4v) is 4.98. The maximum absolute atomic E-state index is 14.0. The Morgan fingerprint density at radius 2 is 1.31 bits per heavy atom. The second-order valence-electron chi connectivity index (χ2n) is 8.65. The summed E-state index contributed by atoms with van der Waals surface area (Å²) in [4.78, 5) is 16.1. The Labute approximate surface area is 190 Å². The van der Waals surface area contributed by atoms with E-state index in [1.165, 1.54) is 16.7 Å². The third kappa shape index (κ3) is 4.05. The summed E-state index contributed by atoms with van der Waals surface area (Å²) in [5.74, 6) is 0.148. The van der Waals surface area contributed by atoms with Gasteiger partial charge in [0.15, 0.2) is 0 Å². The van der Waals surface area contributed by atoms with Crippen LogP contribution in [0, 0.1) is 0 Å². The molecular formula is C30H29NO. The van der Waals surface area contributed by atoms with Crippen LogP contribution in [-0.4, -0.2) is 23.9 Å². The van der Waals surface area contributed by atoms with E-state index in [9.17, 15) is 4.79 Å². The Balaban J connectivity index is 1.81. The number of aryl methyl sites for hydroxylation is 1. The summed E-state index contributed by atoms with van der Waals surface area (Å²) in [6, 6.07) is 29.4. The summed E-state index contributed by atoms with van der Waals surface area (Å²) in [7, 11) is 0. The van der Waals surface area contributed by atoms with Crippen LogP contribution >= 0.6 is 0 Å². The van der Waals surface area contributed by atoms with E-state index in [0.29, 0.717) is 0 Å². The predicted molar refractivity (Wildman–Crippen MR) is 133 cm³/mol. The molecule has 2 aliphatic rings. The number of hydrogen-bond donors (Lipinski definition) is 0. The normalized spacial score (nSPS) is 16.6. The molecule has 1 aliphatic carbocycles. The smallest absolute Gasteiger partial charge is 0.255 e. The summed E-state index contributed by atoms with van der Waals surface area (Å²) in [6.45, 7) is 1.68. The van der Waals surface area contributed by atoms with Gasteiger partial charge in [-0.2, -0.15) is 0 Å². The third-order valence-corrected chi connectivity index (χ3v) is 6.56. The van der Waals surface area contributed by atoms with Crippen LogP contribution in [0.2, 0.25) is 0 Å². The van der Waals surface area contributed by atoms with Crippen molar-refractivity contribution in [1.82, 2.24) is 4.90 Å². The number of rotatable bonds is 4. The quantitative estimate of drug-likeness (QED) is 0.343. The summed E-state index contributed by atoms with van der Waals surface area (Å²) in [5.41, 5.74) is 7.78. The molecular weight excluding hydrogens is 390 g/mol. The molecule has 160 valence electrons. The van der Waals surface area contributed by atoms with Gasteiger partial charge in [0.05, 0.1) is 5.57 Å². The Bertz CT molecular complexity index is 1150. The molecule has 3 aromatic rings. The number of allylic oxidation sites excluding steroid dienone is 3. The predicted octanol–water partition coefficient (Wildman–Crippen LogP) is 6.64. The summed E-state index contributed by atoms with van der Waals surface area (Å²) >= 11 is 0. The van der Waals surface area contributed by atoms with E-state index in [1.54, 1.807) is 0 Å². The van der Waals surface area contributed by atoms with Gasteiger partial charge in [-0.1, -0.05) is 91.0 Å². The lowest BCUT2D eigenvalue weighted by atomic mass is 9.84. The molecule has 0 unspecified atom stereocenters. The largest absolute Gasteiger partial charge is 0.339 e. The zero-order valence-electron chi connectivity index (χ0n) is 18.5. The third-order valence-electron chi connectivity index (χ3n) is 6.56. The monoisotopic (exact) mass is 419 g/mol. The zero-order valence-corrected chi connectivity index (χ0v) is 18.5. The zero-order chi connectivity index (χ0) is 21.8. The molecule has 1 amide bonds. The fourth-order valence-electron chi connectivity index (χ4n) is 4.98. The lowest BCUT2D eigenvalue weighted by Gasteiger charge is -2.24. The van der Waals surface area contributed by atoms with Crippen LogP contribution in [0.15, 0.2) is 91.0 Å². The number of nitrogens with zero attached hydrogens (tertiary/aromatic N) is 1. The van der Waals surface area contributed by atoms with Gasteiger partial charge in [-0.15, -0.1) is 0 Å². The lowest BCUT2D eigenvalue weighted by molar-refractivity contribution is -0.123. The minimum absolute atomic E-state index is 0.148. The van der Waals surface area contributed by atoms with Crippen molar-refractivity contribution in [1.29, 1.82) is 0 Å². The molecule has 1 fully saturated rings. The molecule has 0 saturated carbocycles. The summed E-state index contributed by atoms with van der Waals surface area (Å²) < 4.78 is 0. The van der Waals surface area contributed by atoms with Gasteiger partial charge in [0.1, 0.15) is 0 Å². The van der Waals surface area contributed by atoms with Crippen LogP contribution in [0.1, 0.15) is 47.9 Å². The van der Waals surface area contributed by atoms with E-state index >= 15 is 0 Å². The molecule has 5 rings (SSSR count). The number of amides is 1. The number of hydrogen-bond acceptors (Lipinski definition) is 1. The lowest BCUT2D eigenvalue weighted by Crippen LogP contribution is -2.29. The molecule has 0 aromatic heterocycles. The van der Waals surface area contributed by atoms with E-state index in [2.05, 4.69) is 66.7 Å². The van der Waals surface area contributed by atoms with Crippen molar-refractivity contribution in [3.05, 3.63) is 113 Å². The Kier molecular flexibility index (Phi) is 6.02. The van der Waals surface area contributed by atoms with Gasteiger partial charge in [0.25, 0.3) is 5.91 Å². The maximum Gasteiger partial charge on any atom is 0.255 e. The Hall–Kier alpha value is -3.39. The number of benzene rings is 3. The van der Waals surface area contributed by atoms with Crippen molar-refractivity contribution in [2.45, 2.75) is 32.1 Å². The van der Waals surface area contributed by atoms with Gasteiger partial charge in [0.2, 0.25) is 0 Å². The maximum atomic E-state index is 14.0. The summed E-state index contributed by atoms with van der Waals surface area (Å²) in [6.07, 6.45) is 7.73. The van der Waals surface area contributed by atoms with Gasteiger partial charge >= 0.3 is 0 Å². The first-order chi connectivity index (χ1) is 15.8. The number of carbonyl (C=O) groups is 1. The van der Waals surface area contributed by atoms with Crippen molar-refractivity contribution in [3.8, 4) is 0 Å². The fraction of sp³-hybridized carbons (Fsp3) is 0.233. The highest BCUT2D eigenvalue weighted by molar-refractivity contribution is 6.33. The number of fused-ring (bicyclic) bond motifs is 1. The van der Waals surface area contributed by atoms with Crippen LogP contribution < -0.4 is 0 Å². The molecule has 0 N–H and O–H groups in total. The minimum atomic E-state index is 0.148. The SMILES string of the molecule is O=C(/C(=C(\C1=CCCCc2ccccc21)c1ccccc1)c1ccccc1)N1CCCC1. The van der Waals surface area contributed by atoms with E-state index in [1.807, 2.05) is 29.2 Å². The molecule has 0 bridgehead atoms. The van der Waals surface area contributed by atoms with E-state index < -0.39 is 0 Å². The standard InChI is InChI=1S/C30H29NO/c32-30(31-21-11-12-22-31)29(25-17-5-2-6-18-25)28(24-15-3-1-4-16-24)27-20-10-8-14-23-13-7-9-19-26(23)27/h1-7,9,13,15-20H,8,10-12,14,21-22H2/b29-28-. The van der Waals surface area contributed by atoms with E-state index in [4.69, 9.17) is 0 Å². The van der Waals surface area contributed by atoms with Gasteiger partial charge in [0, 0.05) is 18.7 Å². The van der Waals surface area contributed by atoms with Gasteiger partial charge in [-0.3, -0.25) is 4.79 Å². The van der Waals surface area contributed by atoms with Crippen molar-refractivity contribution in [3.63, 3.8) is 0 Å². The molecule has 1 aliphatic heterocycles. The number of likely N-dealkylation sites (tertiary alicyclic amines) is 1. The van der Waals surface area contributed by atoms with Crippen LogP contribution in [0.5, 0.6) is 0 Å². The highest BCUT2D eigenvalue weighted by Crippen LogP contribution is 2.41. The van der Waals surface area contributed by atoms with Crippen LogP contribution in [0.4, 0.5) is 0 Å². The highest BCUT2D eigenvalue weighted by Gasteiger charge is 2.28. The molecule has 2 heteroatoms. The molecule has 0 atom stereocenters. The molecule has 3 aromatic carbocycles. The van der Waals surface area contributed by atoms with Gasteiger partial charge in [-0.05, 0) is 59.9 Å². The highest BCUT2D eigenvalue weighted by atomic mass is 16.2. The minimum Gasteiger partial charge on any atom is -0.339 e. The molecule has 0 radical (unpaired) electrons. The van der Waals surface area contributed by atoms with E-state index in [0.717, 1.165) is 67.5 Å². The molecule has 2 nitrogen and oxygen atoms in total. The Morgan fingerprint density at radius 3 is 2.03 bits per heavy atom. The van der Waals surface area contributed by atoms with Crippen LogP contribution in [0.3, 0.4) is 0 Å².